The summed E-state index contributed by atoms with van der Waals surface area (Å²) in [6.45, 7) is 2.13. The molecule has 0 amide bonds. The Balaban J connectivity index is 1.93. The van der Waals surface area contributed by atoms with E-state index in [1.165, 1.54) is 24.8 Å². The average Bonchev–Trinajstić information content (AvgIpc) is 2.31. The van der Waals surface area contributed by atoms with Crippen LogP contribution in [0.5, 0.6) is 0 Å². The van der Waals surface area contributed by atoms with Crippen LogP contribution in [0.3, 0.4) is 0 Å². The third-order valence-corrected chi connectivity index (χ3v) is 3.07. The quantitative estimate of drug-likeness (QED) is 0.662. The Morgan fingerprint density at radius 3 is 2.87 bits per heavy atom. The van der Waals surface area contributed by atoms with Gasteiger partial charge in [0.1, 0.15) is 0 Å². The van der Waals surface area contributed by atoms with Crippen LogP contribution >= 0.6 is 0 Å². The largest absolute Gasteiger partial charge is 0.333 e. The zero-order valence-corrected chi connectivity index (χ0v) is 9.02. The molecule has 78 valence electrons. The first-order valence-corrected chi connectivity index (χ1v) is 5.63. The summed E-state index contributed by atoms with van der Waals surface area (Å²) in [4.78, 5) is 2.11. The summed E-state index contributed by atoms with van der Waals surface area (Å²) >= 11 is 0. The number of likely N-dealkylation sites (tertiary alicyclic amines) is 1. The first-order chi connectivity index (χ1) is 7.38. The van der Waals surface area contributed by atoms with E-state index >= 15 is 0 Å². The molecule has 0 spiro atoms. The van der Waals surface area contributed by atoms with E-state index in [0.717, 1.165) is 19.0 Å². The number of hydrogen-bond acceptors (Lipinski definition) is 1. The van der Waals surface area contributed by atoms with Crippen LogP contribution in [-0.2, 0) is 6.42 Å². The number of rotatable bonds is 2. The van der Waals surface area contributed by atoms with Crippen LogP contribution in [-0.4, -0.2) is 18.0 Å². The monoisotopic (exact) mass is 199 g/mol. The fraction of sp³-hybridized carbons (Fsp3) is 0.429. The van der Waals surface area contributed by atoms with Crippen LogP contribution < -0.4 is 0 Å². The highest BCUT2D eigenvalue weighted by molar-refractivity contribution is 5.15. The number of hydrogen-bond donors (Lipinski definition) is 0. The topological polar surface area (TPSA) is 3.24 Å². The lowest BCUT2D eigenvalue weighted by Crippen LogP contribution is -2.32. The second-order valence-electron chi connectivity index (χ2n) is 4.27. The van der Waals surface area contributed by atoms with E-state index < -0.39 is 0 Å². The smallest absolute Gasteiger partial charge is 0.0291 e. The van der Waals surface area contributed by atoms with Crippen LogP contribution in [0.4, 0.5) is 0 Å². The molecule has 0 aliphatic carbocycles. The summed E-state index contributed by atoms with van der Waals surface area (Å²) < 4.78 is 0. The normalized spacial score (nSPS) is 21.0. The van der Waals surface area contributed by atoms with Gasteiger partial charge in [0.25, 0.3) is 0 Å². The van der Waals surface area contributed by atoms with Gasteiger partial charge in [-0.2, -0.15) is 0 Å². The molecule has 0 radical (unpaired) electrons. The van der Waals surface area contributed by atoms with Gasteiger partial charge in [0.2, 0.25) is 0 Å². The van der Waals surface area contributed by atoms with Crippen molar-refractivity contribution >= 4 is 0 Å². The lowest BCUT2D eigenvalue weighted by molar-refractivity contribution is 0.246. The van der Waals surface area contributed by atoms with Crippen LogP contribution in [0, 0.1) is 18.4 Å². The Labute approximate surface area is 92.1 Å². The van der Waals surface area contributed by atoms with Gasteiger partial charge < -0.3 is 4.90 Å². The van der Waals surface area contributed by atoms with Crippen molar-refractivity contribution in [3.05, 3.63) is 35.9 Å². The molecule has 1 heterocycles. The van der Waals surface area contributed by atoms with Crippen LogP contribution in [0.15, 0.2) is 30.3 Å². The second kappa shape index (κ2) is 4.89. The molecule has 1 saturated heterocycles. The summed E-state index contributed by atoms with van der Waals surface area (Å²) in [6, 6.07) is 13.4. The summed E-state index contributed by atoms with van der Waals surface area (Å²) in [5.74, 6) is 0.734. The maximum atomic E-state index is 5.43. The molecule has 0 aromatic heterocycles. The SMILES string of the molecule is C#CN1CCCC(Cc2ccccc2)C1. The predicted molar refractivity (Wildman–Crippen MR) is 63.3 cm³/mol. The minimum absolute atomic E-state index is 0.734. The van der Waals surface area contributed by atoms with Crippen molar-refractivity contribution in [3.63, 3.8) is 0 Å². The van der Waals surface area contributed by atoms with Crippen molar-refractivity contribution in [1.29, 1.82) is 0 Å². The highest BCUT2D eigenvalue weighted by Gasteiger charge is 2.17. The number of benzene rings is 1. The van der Waals surface area contributed by atoms with Crippen molar-refractivity contribution in [2.45, 2.75) is 19.3 Å². The van der Waals surface area contributed by atoms with E-state index in [9.17, 15) is 0 Å². The van der Waals surface area contributed by atoms with Crippen LogP contribution in [0.2, 0.25) is 0 Å². The highest BCUT2D eigenvalue weighted by atomic mass is 15.1. The molecule has 2 rings (SSSR count). The molecule has 0 N–H and O–H groups in total. The summed E-state index contributed by atoms with van der Waals surface area (Å²) in [5.41, 5.74) is 1.43. The van der Waals surface area contributed by atoms with Crippen molar-refractivity contribution in [1.82, 2.24) is 4.90 Å². The summed E-state index contributed by atoms with van der Waals surface area (Å²) in [5, 5.41) is 0. The maximum Gasteiger partial charge on any atom is 0.0291 e. The zero-order valence-electron chi connectivity index (χ0n) is 9.02. The molecule has 1 heteroatoms. The predicted octanol–water partition coefficient (Wildman–Crippen LogP) is 2.53. The molecule has 1 aromatic carbocycles. The van der Waals surface area contributed by atoms with Gasteiger partial charge >= 0.3 is 0 Å². The molecule has 0 bridgehead atoms. The van der Waals surface area contributed by atoms with Gasteiger partial charge in [-0.1, -0.05) is 36.8 Å². The molecule has 1 atom stereocenters. The van der Waals surface area contributed by atoms with E-state index in [1.807, 2.05) is 0 Å². The van der Waals surface area contributed by atoms with E-state index in [2.05, 4.69) is 41.3 Å². The molecular weight excluding hydrogens is 182 g/mol. The molecule has 15 heavy (non-hydrogen) atoms. The van der Waals surface area contributed by atoms with Crippen molar-refractivity contribution in [2.75, 3.05) is 13.1 Å². The first kappa shape index (κ1) is 10.1. The Bertz CT molecular complexity index is 336. The van der Waals surface area contributed by atoms with Crippen molar-refractivity contribution in [3.8, 4) is 12.5 Å². The maximum absolute atomic E-state index is 5.43. The van der Waals surface area contributed by atoms with Gasteiger partial charge in [-0.15, -0.1) is 0 Å². The fourth-order valence-corrected chi connectivity index (χ4v) is 2.30. The Hall–Kier alpha value is -1.42. The summed E-state index contributed by atoms with van der Waals surface area (Å²) in [6.07, 6.45) is 9.15. The molecule has 1 nitrogen and oxygen atoms in total. The molecule has 1 aliphatic heterocycles. The minimum Gasteiger partial charge on any atom is -0.333 e. The highest BCUT2D eigenvalue weighted by Crippen LogP contribution is 2.19. The van der Waals surface area contributed by atoms with Crippen LogP contribution in [0.25, 0.3) is 0 Å². The van der Waals surface area contributed by atoms with Crippen molar-refractivity contribution < 1.29 is 0 Å². The van der Waals surface area contributed by atoms with Gasteiger partial charge in [0.15, 0.2) is 0 Å². The molecular formula is C14H17N. The lowest BCUT2D eigenvalue weighted by atomic mass is 9.91. The standard InChI is InChI=1S/C14H17N/c1-2-15-10-6-9-14(12-15)11-13-7-4-3-5-8-13/h1,3-5,7-8,14H,6,9-12H2. The van der Waals surface area contributed by atoms with Gasteiger partial charge in [0.05, 0.1) is 0 Å². The average molecular weight is 199 g/mol. The van der Waals surface area contributed by atoms with E-state index in [-0.39, 0.29) is 0 Å². The molecule has 0 saturated carbocycles. The molecule has 1 aromatic rings. The Kier molecular flexibility index (Phi) is 3.29. The molecule has 1 aliphatic rings. The van der Waals surface area contributed by atoms with E-state index in [1.54, 1.807) is 0 Å². The van der Waals surface area contributed by atoms with E-state index in [0.29, 0.717) is 0 Å². The Morgan fingerprint density at radius 1 is 1.33 bits per heavy atom. The minimum atomic E-state index is 0.734. The lowest BCUT2D eigenvalue weighted by Gasteiger charge is -2.29. The molecule has 1 unspecified atom stereocenters. The summed E-state index contributed by atoms with van der Waals surface area (Å²) in [7, 11) is 0. The Morgan fingerprint density at radius 2 is 2.13 bits per heavy atom. The number of nitrogens with zero attached hydrogens (tertiary/aromatic N) is 1. The van der Waals surface area contributed by atoms with Gasteiger partial charge in [-0.05, 0) is 30.7 Å². The third kappa shape index (κ3) is 2.76. The van der Waals surface area contributed by atoms with Gasteiger partial charge in [-0.3, -0.25) is 0 Å². The van der Waals surface area contributed by atoms with Crippen molar-refractivity contribution in [2.24, 2.45) is 5.92 Å². The van der Waals surface area contributed by atoms with Gasteiger partial charge in [-0.25, -0.2) is 0 Å². The molecule has 1 fully saturated rings. The third-order valence-electron chi connectivity index (χ3n) is 3.07. The van der Waals surface area contributed by atoms with Crippen LogP contribution in [0.1, 0.15) is 18.4 Å². The number of piperidine rings is 1. The number of terminal acetylenes is 1. The van der Waals surface area contributed by atoms with E-state index in [4.69, 9.17) is 6.42 Å². The fourth-order valence-electron chi connectivity index (χ4n) is 2.30. The second-order valence-corrected chi connectivity index (χ2v) is 4.27. The first-order valence-electron chi connectivity index (χ1n) is 5.63. The van der Waals surface area contributed by atoms with Gasteiger partial charge in [0, 0.05) is 19.1 Å². The zero-order chi connectivity index (χ0) is 10.5.